The van der Waals surface area contributed by atoms with Crippen molar-refractivity contribution in [3.8, 4) is 0 Å². The molecule has 0 aromatic carbocycles. The summed E-state index contributed by atoms with van der Waals surface area (Å²) in [6.07, 6.45) is 11.3. The van der Waals surface area contributed by atoms with Gasteiger partial charge in [0.1, 0.15) is 5.84 Å². The molecule has 0 atom stereocenters. The summed E-state index contributed by atoms with van der Waals surface area (Å²) in [4.78, 5) is 21.3. The molecule has 5 nitrogen and oxygen atoms in total. The quantitative estimate of drug-likeness (QED) is 0.284. The molecule has 1 saturated heterocycles. The molecule has 4 aliphatic carbocycles. The third kappa shape index (κ3) is 4.79. The Morgan fingerprint density at radius 1 is 1.07 bits per heavy atom. The second kappa shape index (κ2) is 9.21. The molecule has 0 aromatic heterocycles. The molecule has 1 N–H and O–H groups in total. The van der Waals surface area contributed by atoms with Gasteiger partial charge in [0.25, 0.3) is 0 Å². The van der Waals surface area contributed by atoms with Crippen molar-refractivity contribution >= 4 is 11.7 Å². The van der Waals surface area contributed by atoms with Crippen LogP contribution in [-0.4, -0.2) is 60.8 Å². The van der Waals surface area contributed by atoms with Gasteiger partial charge in [-0.3, -0.25) is 9.69 Å². The van der Waals surface area contributed by atoms with Crippen molar-refractivity contribution in [3.63, 3.8) is 0 Å². The maximum absolute atomic E-state index is 13.0. The number of piperazine rings is 1. The predicted octanol–water partition coefficient (Wildman–Crippen LogP) is 3.74. The lowest BCUT2D eigenvalue weighted by atomic mass is 9.49. The fraction of sp³-hybridized carbons (Fsp3) is 0.750. The van der Waals surface area contributed by atoms with E-state index >= 15 is 0 Å². The maximum Gasteiger partial charge on any atom is 0.226 e. The third-order valence-corrected chi connectivity index (χ3v) is 7.82. The van der Waals surface area contributed by atoms with Crippen LogP contribution in [-0.2, 0) is 4.79 Å². The number of rotatable bonds is 8. The van der Waals surface area contributed by atoms with Gasteiger partial charge in [-0.1, -0.05) is 6.58 Å². The number of nitrogens with one attached hydrogen (secondary N) is 1. The van der Waals surface area contributed by atoms with E-state index in [1.54, 1.807) is 6.08 Å². The van der Waals surface area contributed by atoms with Gasteiger partial charge in [-0.25, -0.2) is 4.99 Å². The van der Waals surface area contributed by atoms with Crippen molar-refractivity contribution in [3.05, 3.63) is 25.2 Å². The summed E-state index contributed by atoms with van der Waals surface area (Å²) in [7, 11) is 0. The van der Waals surface area contributed by atoms with Crippen molar-refractivity contribution in [2.45, 2.75) is 51.4 Å². The van der Waals surface area contributed by atoms with Gasteiger partial charge in [-0.2, -0.15) is 4.39 Å². The van der Waals surface area contributed by atoms with Crippen molar-refractivity contribution in [1.29, 1.82) is 0 Å². The van der Waals surface area contributed by atoms with E-state index in [-0.39, 0.29) is 5.41 Å². The number of hydrogen-bond acceptors (Lipinski definition) is 3. The Balaban J connectivity index is 1.13. The van der Waals surface area contributed by atoms with Crippen LogP contribution in [0.1, 0.15) is 51.4 Å². The number of carbonyl (C=O) groups is 1. The first-order valence-electron chi connectivity index (χ1n) is 11.8. The van der Waals surface area contributed by atoms with Crippen molar-refractivity contribution in [2.75, 3.05) is 39.3 Å². The minimum absolute atomic E-state index is 0.0274. The Kier molecular flexibility index (Phi) is 6.61. The van der Waals surface area contributed by atoms with Crippen LogP contribution >= 0.6 is 0 Å². The number of aliphatic imine (C=N–C) groups is 1. The highest BCUT2D eigenvalue weighted by molar-refractivity contribution is 5.93. The Hall–Kier alpha value is -1.69. The lowest BCUT2D eigenvalue weighted by Crippen LogP contribution is -2.53. The number of nitrogens with zero attached hydrogens (tertiary/aromatic N) is 3. The minimum Gasteiger partial charge on any atom is -0.356 e. The van der Waals surface area contributed by atoms with Gasteiger partial charge >= 0.3 is 0 Å². The van der Waals surface area contributed by atoms with E-state index in [2.05, 4.69) is 33.3 Å². The van der Waals surface area contributed by atoms with Crippen LogP contribution in [0, 0.1) is 23.2 Å². The van der Waals surface area contributed by atoms with Crippen molar-refractivity contribution in [1.82, 2.24) is 15.1 Å². The first-order valence-corrected chi connectivity index (χ1v) is 11.8. The molecule has 30 heavy (non-hydrogen) atoms. The molecule has 5 fully saturated rings. The summed E-state index contributed by atoms with van der Waals surface area (Å²) in [6.45, 7) is 12.3. The maximum atomic E-state index is 13.0. The molecule has 6 heteroatoms. The summed E-state index contributed by atoms with van der Waals surface area (Å²) < 4.78 is 13.0. The average Bonchev–Trinajstić information content (AvgIpc) is 2.71. The van der Waals surface area contributed by atoms with Crippen LogP contribution in [0.5, 0.6) is 0 Å². The molecule has 4 bridgehead atoms. The summed E-state index contributed by atoms with van der Waals surface area (Å²) in [5, 5.41) is 3.29. The monoisotopic (exact) mass is 416 g/mol. The molecule has 0 spiro atoms. The Labute approximate surface area is 180 Å². The molecular formula is C24H37FN4O. The second-order valence-electron chi connectivity index (χ2n) is 10.0. The molecule has 5 aliphatic rings. The first-order chi connectivity index (χ1) is 14.5. The van der Waals surface area contributed by atoms with E-state index < -0.39 is 5.95 Å². The fourth-order valence-electron chi connectivity index (χ4n) is 6.81. The molecule has 166 valence electrons. The van der Waals surface area contributed by atoms with Gasteiger partial charge in [0, 0.05) is 38.1 Å². The SMILES string of the molecule is C=C/C(=N\C(=C)F)N1CCN(CCCCNC(=O)C23CC4CC(CC(C4)C2)C3)CC1. The first kappa shape index (κ1) is 21.5. The van der Waals surface area contributed by atoms with Crippen LogP contribution in [0.3, 0.4) is 0 Å². The zero-order valence-electron chi connectivity index (χ0n) is 18.3. The van der Waals surface area contributed by atoms with E-state index in [4.69, 9.17) is 0 Å². The summed E-state index contributed by atoms with van der Waals surface area (Å²) in [6, 6.07) is 0. The molecule has 1 aliphatic heterocycles. The van der Waals surface area contributed by atoms with E-state index in [9.17, 15) is 9.18 Å². The Morgan fingerprint density at radius 2 is 1.67 bits per heavy atom. The number of halogens is 1. The molecular weight excluding hydrogens is 379 g/mol. The van der Waals surface area contributed by atoms with Gasteiger partial charge in [0.2, 0.25) is 11.9 Å². The molecule has 0 aromatic rings. The molecule has 0 radical (unpaired) electrons. The number of unbranched alkanes of at least 4 members (excludes halogenated alkanes) is 1. The zero-order valence-corrected chi connectivity index (χ0v) is 18.3. The van der Waals surface area contributed by atoms with Gasteiger partial charge in [-0.05, 0) is 88.3 Å². The van der Waals surface area contributed by atoms with Gasteiger partial charge < -0.3 is 10.2 Å². The number of hydrogen-bond donors (Lipinski definition) is 1. The predicted molar refractivity (Wildman–Crippen MR) is 119 cm³/mol. The normalized spacial score (nSPS) is 33.6. The molecule has 1 heterocycles. The Bertz CT molecular complexity index is 660. The smallest absolute Gasteiger partial charge is 0.226 e. The third-order valence-electron chi connectivity index (χ3n) is 7.82. The number of carbonyl (C=O) groups excluding carboxylic acids is 1. The topological polar surface area (TPSA) is 47.9 Å². The van der Waals surface area contributed by atoms with Crippen molar-refractivity contribution < 1.29 is 9.18 Å². The van der Waals surface area contributed by atoms with Gasteiger partial charge in [-0.15, -0.1) is 0 Å². The van der Waals surface area contributed by atoms with Gasteiger partial charge in [0.15, 0.2) is 0 Å². The summed E-state index contributed by atoms with van der Waals surface area (Å²) in [5.41, 5.74) is -0.0274. The average molecular weight is 417 g/mol. The van der Waals surface area contributed by atoms with Crippen LogP contribution in [0.2, 0.25) is 0 Å². The van der Waals surface area contributed by atoms with E-state index in [0.29, 0.717) is 11.7 Å². The van der Waals surface area contributed by atoms with Gasteiger partial charge in [0.05, 0.1) is 0 Å². The van der Waals surface area contributed by atoms with Crippen LogP contribution < -0.4 is 5.32 Å². The van der Waals surface area contributed by atoms with Crippen LogP contribution in [0.4, 0.5) is 4.39 Å². The molecule has 5 rings (SSSR count). The number of amidine groups is 1. The van der Waals surface area contributed by atoms with Crippen LogP contribution in [0.25, 0.3) is 0 Å². The van der Waals surface area contributed by atoms with E-state index in [0.717, 1.165) is 89.1 Å². The highest BCUT2D eigenvalue weighted by atomic mass is 19.1. The summed E-state index contributed by atoms with van der Waals surface area (Å²) in [5.74, 6) is 2.68. The highest BCUT2D eigenvalue weighted by Crippen LogP contribution is 2.60. The lowest BCUT2D eigenvalue weighted by molar-refractivity contribution is -0.146. The minimum atomic E-state index is -0.678. The largest absolute Gasteiger partial charge is 0.356 e. The van der Waals surface area contributed by atoms with Crippen LogP contribution in [0.15, 0.2) is 30.2 Å². The highest BCUT2D eigenvalue weighted by Gasteiger charge is 2.54. The standard InChI is InChI=1S/C24H37FN4O/c1-3-22(27-18(2)25)29-10-8-28(9-11-29)7-5-4-6-26-23(30)24-15-19-12-20(16-24)14-21(13-19)17-24/h3,19-21H,1-2,4-17H2,(H,26,30)/b27-22+. The van der Waals surface area contributed by atoms with E-state index in [1.807, 2.05) is 0 Å². The second-order valence-corrected chi connectivity index (χ2v) is 10.0. The zero-order chi connectivity index (χ0) is 21.1. The molecule has 4 saturated carbocycles. The number of amides is 1. The molecule has 0 unspecified atom stereocenters. The van der Waals surface area contributed by atoms with Crippen molar-refractivity contribution in [2.24, 2.45) is 28.2 Å². The Morgan fingerprint density at radius 3 is 2.20 bits per heavy atom. The fourth-order valence-corrected chi connectivity index (χ4v) is 6.81. The molecule has 1 amide bonds. The lowest BCUT2D eigenvalue weighted by Gasteiger charge is -2.55. The summed E-state index contributed by atoms with van der Waals surface area (Å²) >= 11 is 0. The van der Waals surface area contributed by atoms with E-state index in [1.165, 1.54) is 19.3 Å².